The van der Waals surface area contributed by atoms with Crippen LogP contribution in [0.15, 0.2) is 24.3 Å². The van der Waals surface area contributed by atoms with Gasteiger partial charge in [-0.25, -0.2) is 0 Å². The summed E-state index contributed by atoms with van der Waals surface area (Å²) in [5.41, 5.74) is 1.87. The Bertz CT molecular complexity index is 349. The average Bonchev–Trinajstić information content (AvgIpc) is 2.28. The predicted molar refractivity (Wildman–Crippen MR) is 64.4 cm³/mol. The number of rotatable bonds is 4. The molecule has 0 fully saturated rings. The van der Waals surface area contributed by atoms with Gasteiger partial charge in [-0.3, -0.25) is 4.79 Å². The van der Waals surface area contributed by atoms with Gasteiger partial charge in [0.05, 0.1) is 6.61 Å². The van der Waals surface area contributed by atoms with Crippen molar-refractivity contribution < 1.29 is 9.53 Å². The van der Waals surface area contributed by atoms with E-state index in [0.717, 1.165) is 11.1 Å². The molecule has 0 aliphatic carbocycles. The maximum absolute atomic E-state index is 11.6. The van der Waals surface area contributed by atoms with Crippen LogP contribution >= 0.6 is 11.6 Å². The summed E-state index contributed by atoms with van der Waals surface area (Å²) in [6.07, 6.45) is 0. The first-order valence-corrected chi connectivity index (χ1v) is 5.43. The Kier molecular flexibility index (Phi) is 4.77. The lowest BCUT2D eigenvalue weighted by atomic mass is 10.1. The maximum Gasteiger partial charge on any atom is 0.244 e. The fourth-order valence-electron chi connectivity index (χ4n) is 1.32. The third-order valence-electron chi connectivity index (χ3n) is 2.24. The Labute approximate surface area is 101 Å². The smallest absolute Gasteiger partial charge is 0.244 e. The highest BCUT2D eigenvalue weighted by molar-refractivity contribution is 6.30. The molecule has 1 atom stereocenters. The molecule has 0 spiro atoms. The van der Waals surface area contributed by atoms with Crippen molar-refractivity contribution in [3.8, 4) is 0 Å². The van der Waals surface area contributed by atoms with E-state index in [0.29, 0.717) is 6.61 Å². The second kappa shape index (κ2) is 5.87. The largest absolute Gasteiger partial charge is 0.380 e. The van der Waals surface area contributed by atoms with E-state index < -0.39 is 5.38 Å². The normalized spacial score (nSPS) is 12.2. The van der Waals surface area contributed by atoms with Crippen LogP contribution in [-0.2, 0) is 16.1 Å². The van der Waals surface area contributed by atoms with E-state index in [1.807, 2.05) is 24.3 Å². The molecule has 0 bridgehead atoms. The highest BCUT2D eigenvalue weighted by Crippen LogP contribution is 2.22. The topological polar surface area (TPSA) is 29.5 Å². The molecule has 1 aromatic carbocycles. The zero-order chi connectivity index (χ0) is 12.1. The first-order chi connectivity index (χ1) is 7.56. The van der Waals surface area contributed by atoms with Gasteiger partial charge < -0.3 is 9.64 Å². The SMILES string of the molecule is COCc1ccc(C(Cl)C(=O)N(C)C)cc1. The van der Waals surface area contributed by atoms with Crippen LogP contribution in [0.4, 0.5) is 0 Å². The molecule has 3 nitrogen and oxygen atoms in total. The van der Waals surface area contributed by atoms with Gasteiger partial charge in [-0.2, -0.15) is 0 Å². The van der Waals surface area contributed by atoms with E-state index in [4.69, 9.17) is 16.3 Å². The fourth-order valence-corrected chi connectivity index (χ4v) is 1.66. The number of halogens is 1. The van der Waals surface area contributed by atoms with Crippen LogP contribution in [0.2, 0.25) is 0 Å². The number of amides is 1. The predicted octanol–water partition coefficient (Wildman–Crippen LogP) is 2.20. The molecule has 0 radical (unpaired) electrons. The molecule has 1 unspecified atom stereocenters. The number of methoxy groups -OCH3 is 1. The Hall–Kier alpha value is -1.06. The molecule has 4 heteroatoms. The molecule has 0 aliphatic rings. The lowest BCUT2D eigenvalue weighted by molar-refractivity contribution is -0.128. The number of likely N-dealkylation sites (N-methyl/N-ethyl adjacent to an activating group) is 1. The molecule has 0 N–H and O–H groups in total. The highest BCUT2D eigenvalue weighted by Gasteiger charge is 2.18. The molecule has 1 amide bonds. The highest BCUT2D eigenvalue weighted by atomic mass is 35.5. The average molecular weight is 242 g/mol. The van der Waals surface area contributed by atoms with Crippen molar-refractivity contribution in [1.82, 2.24) is 4.90 Å². The summed E-state index contributed by atoms with van der Waals surface area (Å²) in [5, 5.41) is -0.619. The number of ether oxygens (including phenoxy) is 1. The summed E-state index contributed by atoms with van der Waals surface area (Å²) in [6.45, 7) is 0.564. The standard InChI is InChI=1S/C12H16ClNO2/c1-14(2)12(15)11(13)10-6-4-9(5-7-10)8-16-3/h4-7,11H,8H2,1-3H3. The van der Waals surface area contributed by atoms with Gasteiger partial charge in [0.2, 0.25) is 5.91 Å². The summed E-state index contributed by atoms with van der Waals surface area (Å²) in [5.74, 6) is -0.110. The minimum atomic E-state index is -0.619. The second-order valence-electron chi connectivity index (χ2n) is 3.77. The van der Waals surface area contributed by atoms with Gasteiger partial charge in [0.15, 0.2) is 0 Å². The number of alkyl halides is 1. The van der Waals surface area contributed by atoms with Crippen molar-refractivity contribution in [3.63, 3.8) is 0 Å². The van der Waals surface area contributed by atoms with Gasteiger partial charge in [-0.05, 0) is 11.1 Å². The Morgan fingerprint density at radius 1 is 1.38 bits per heavy atom. The Morgan fingerprint density at radius 2 is 1.94 bits per heavy atom. The van der Waals surface area contributed by atoms with Crippen LogP contribution < -0.4 is 0 Å². The summed E-state index contributed by atoms with van der Waals surface area (Å²) in [4.78, 5) is 13.1. The van der Waals surface area contributed by atoms with Gasteiger partial charge in [-0.1, -0.05) is 24.3 Å². The Balaban J connectivity index is 2.77. The third kappa shape index (κ3) is 3.22. The summed E-state index contributed by atoms with van der Waals surface area (Å²) in [7, 11) is 5.03. The van der Waals surface area contributed by atoms with E-state index in [1.165, 1.54) is 4.90 Å². The van der Waals surface area contributed by atoms with Crippen LogP contribution in [0.5, 0.6) is 0 Å². The van der Waals surface area contributed by atoms with Crippen LogP contribution in [0.25, 0.3) is 0 Å². The van der Waals surface area contributed by atoms with Gasteiger partial charge in [-0.15, -0.1) is 11.6 Å². The van der Waals surface area contributed by atoms with E-state index in [1.54, 1.807) is 21.2 Å². The summed E-state index contributed by atoms with van der Waals surface area (Å²) >= 11 is 6.06. The lowest BCUT2D eigenvalue weighted by Gasteiger charge is -2.15. The van der Waals surface area contributed by atoms with Crippen molar-refractivity contribution >= 4 is 17.5 Å². The van der Waals surface area contributed by atoms with Crippen molar-refractivity contribution in [1.29, 1.82) is 0 Å². The Morgan fingerprint density at radius 3 is 2.38 bits per heavy atom. The van der Waals surface area contributed by atoms with Crippen molar-refractivity contribution in [2.45, 2.75) is 12.0 Å². The van der Waals surface area contributed by atoms with E-state index in [2.05, 4.69) is 0 Å². The first-order valence-electron chi connectivity index (χ1n) is 4.99. The number of hydrogen-bond acceptors (Lipinski definition) is 2. The molecule has 0 saturated heterocycles. The molecule has 16 heavy (non-hydrogen) atoms. The molecule has 1 rings (SSSR count). The van der Waals surface area contributed by atoms with E-state index in [-0.39, 0.29) is 5.91 Å². The van der Waals surface area contributed by atoms with Gasteiger partial charge in [0.1, 0.15) is 5.38 Å². The first kappa shape index (κ1) is 13.0. The molecular weight excluding hydrogens is 226 g/mol. The van der Waals surface area contributed by atoms with Crippen LogP contribution in [0, 0.1) is 0 Å². The fraction of sp³-hybridized carbons (Fsp3) is 0.417. The molecule has 0 aromatic heterocycles. The van der Waals surface area contributed by atoms with Crippen LogP contribution in [0.1, 0.15) is 16.5 Å². The third-order valence-corrected chi connectivity index (χ3v) is 2.68. The molecular formula is C12H16ClNO2. The molecule has 1 aromatic rings. The minimum Gasteiger partial charge on any atom is -0.380 e. The molecule has 0 saturated carbocycles. The zero-order valence-electron chi connectivity index (χ0n) is 9.74. The second-order valence-corrected chi connectivity index (χ2v) is 4.21. The quantitative estimate of drug-likeness (QED) is 0.757. The van der Waals surface area contributed by atoms with Gasteiger partial charge in [0, 0.05) is 21.2 Å². The molecule has 0 heterocycles. The van der Waals surface area contributed by atoms with Gasteiger partial charge in [0.25, 0.3) is 0 Å². The van der Waals surface area contributed by atoms with Gasteiger partial charge >= 0.3 is 0 Å². The van der Waals surface area contributed by atoms with E-state index in [9.17, 15) is 4.79 Å². The molecule has 0 aliphatic heterocycles. The number of benzene rings is 1. The van der Waals surface area contributed by atoms with Crippen molar-refractivity contribution in [2.75, 3.05) is 21.2 Å². The minimum absolute atomic E-state index is 0.110. The maximum atomic E-state index is 11.6. The number of carbonyl (C=O) groups excluding carboxylic acids is 1. The zero-order valence-corrected chi connectivity index (χ0v) is 10.5. The van der Waals surface area contributed by atoms with Crippen molar-refractivity contribution in [2.24, 2.45) is 0 Å². The van der Waals surface area contributed by atoms with Crippen LogP contribution in [-0.4, -0.2) is 32.0 Å². The number of hydrogen-bond donors (Lipinski definition) is 0. The lowest BCUT2D eigenvalue weighted by Crippen LogP contribution is -2.25. The molecule has 88 valence electrons. The number of carbonyl (C=O) groups is 1. The summed E-state index contributed by atoms with van der Waals surface area (Å²) < 4.78 is 5.01. The van der Waals surface area contributed by atoms with Crippen molar-refractivity contribution in [3.05, 3.63) is 35.4 Å². The summed E-state index contributed by atoms with van der Waals surface area (Å²) in [6, 6.07) is 7.54. The number of nitrogens with zero attached hydrogens (tertiary/aromatic N) is 1. The monoisotopic (exact) mass is 241 g/mol. The van der Waals surface area contributed by atoms with Crippen LogP contribution in [0.3, 0.4) is 0 Å². The van der Waals surface area contributed by atoms with E-state index >= 15 is 0 Å².